The lowest BCUT2D eigenvalue weighted by molar-refractivity contribution is 0.102. The maximum absolute atomic E-state index is 13.2. The van der Waals surface area contributed by atoms with Gasteiger partial charge in [0, 0.05) is 25.8 Å². The molecule has 0 spiro atoms. The molecule has 1 amide bonds. The molecule has 1 fully saturated rings. The van der Waals surface area contributed by atoms with Crippen molar-refractivity contribution in [3.63, 3.8) is 0 Å². The zero-order valence-electron chi connectivity index (χ0n) is 18.5. The monoisotopic (exact) mass is 474 g/mol. The van der Waals surface area contributed by atoms with Crippen LogP contribution in [0, 0.1) is 5.92 Å². The van der Waals surface area contributed by atoms with Crippen molar-refractivity contribution in [3.05, 3.63) is 36.0 Å². The molecule has 33 heavy (non-hydrogen) atoms. The topological polar surface area (TPSA) is 137 Å². The van der Waals surface area contributed by atoms with Crippen LogP contribution in [0.2, 0.25) is 0 Å². The lowest BCUT2D eigenvalue weighted by Crippen LogP contribution is -2.36. The van der Waals surface area contributed by atoms with Gasteiger partial charge in [0.1, 0.15) is 5.82 Å². The molecule has 4 bridgehead atoms. The molecule has 11 heteroatoms. The highest BCUT2D eigenvalue weighted by atomic mass is 32.2. The lowest BCUT2D eigenvalue weighted by atomic mass is 9.92. The highest BCUT2D eigenvalue weighted by Crippen LogP contribution is 2.32. The van der Waals surface area contributed by atoms with E-state index in [1.807, 2.05) is 0 Å². The summed E-state index contributed by atoms with van der Waals surface area (Å²) in [6, 6.07) is 6.53. The fourth-order valence-corrected chi connectivity index (χ4v) is 5.20. The Kier molecular flexibility index (Phi) is 7.29. The van der Waals surface area contributed by atoms with E-state index in [9.17, 15) is 13.2 Å². The summed E-state index contributed by atoms with van der Waals surface area (Å²) in [6.07, 6.45) is 6.91. The maximum atomic E-state index is 13.2. The zero-order chi connectivity index (χ0) is 23.3. The minimum atomic E-state index is -3.68. The SMILES string of the molecule is O=C1Nc2ccnc(n2)NCCCC[C@@H]2CCCN(C2)c2cc(NS(=O)(=O)CCO)ccc21. The van der Waals surface area contributed by atoms with E-state index in [4.69, 9.17) is 5.11 Å². The van der Waals surface area contributed by atoms with Crippen molar-refractivity contribution in [1.29, 1.82) is 0 Å². The minimum Gasteiger partial charge on any atom is -0.395 e. The third kappa shape index (κ3) is 6.11. The van der Waals surface area contributed by atoms with E-state index in [2.05, 4.69) is 30.2 Å². The molecule has 2 aromatic rings. The molecule has 0 aliphatic carbocycles. The first-order valence-corrected chi connectivity index (χ1v) is 13.0. The smallest absolute Gasteiger partial charge is 0.258 e. The molecule has 4 rings (SSSR count). The second-order valence-electron chi connectivity index (χ2n) is 8.47. The largest absolute Gasteiger partial charge is 0.395 e. The number of carbonyl (C=O) groups is 1. The second kappa shape index (κ2) is 10.3. The van der Waals surface area contributed by atoms with E-state index in [1.165, 1.54) is 0 Å². The Morgan fingerprint density at radius 3 is 2.88 bits per heavy atom. The van der Waals surface area contributed by atoms with Gasteiger partial charge < -0.3 is 20.6 Å². The van der Waals surface area contributed by atoms with Crippen LogP contribution in [0.4, 0.5) is 23.1 Å². The standard InChI is InChI=1S/C22H30N6O4S/c29-12-13-33(31,32)27-17-6-7-18-19(14-17)28-11-3-5-16(15-28)4-1-2-9-23-22-24-10-8-20(26-22)25-21(18)30/h6-8,10,14,16,27,29H,1-5,9,11-13,15H2,(H2,23,24,25,26,30)/t16-/m1/s1. The normalized spacial score (nSPS) is 19.4. The van der Waals surface area contributed by atoms with Gasteiger partial charge in [-0.15, -0.1) is 0 Å². The Balaban J connectivity index is 1.70. The fourth-order valence-electron chi connectivity index (χ4n) is 4.37. The van der Waals surface area contributed by atoms with Gasteiger partial charge in [0.15, 0.2) is 0 Å². The Morgan fingerprint density at radius 2 is 2.03 bits per heavy atom. The van der Waals surface area contributed by atoms with Crippen molar-refractivity contribution in [2.24, 2.45) is 5.92 Å². The van der Waals surface area contributed by atoms with Crippen molar-refractivity contribution in [3.8, 4) is 0 Å². The van der Waals surface area contributed by atoms with E-state index >= 15 is 0 Å². The number of aliphatic hydroxyl groups is 1. The number of sulfonamides is 1. The quantitative estimate of drug-likeness (QED) is 0.530. The molecule has 1 aromatic heterocycles. The molecular formula is C22H30N6O4S. The van der Waals surface area contributed by atoms with Crippen molar-refractivity contribution in [2.75, 3.05) is 52.2 Å². The second-order valence-corrected chi connectivity index (χ2v) is 10.3. The first kappa shape index (κ1) is 23.2. The Morgan fingerprint density at radius 1 is 1.18 bits per heavy atom. The maximum Gasteiger partial charge on any atom is 0.258 e. The first-order valence-electron chi connectivity index (χ1n) is 11.3. The number of aromatic nitrogens is 2. The Bertz CT molecular complexity index is 1090. The molecule has 1 aromatic carbocycles. The number of rotatable bonds is 4. The molecule has 178 valence electrons. The summed E-state index contributed by atoms with van der Waals surface area (Å²) in [5.74, 6) is 0.658. The zero-order valence-corrected chi connectivity index (χ0v) is 19.3. The molecule has 0 unspecified atom stereocenters. The predicted octanol–water partition coefficient (Wildman–Crippen LogP) is 2.28. The molecule has 3 heterocycles. The first-order chi connectivity index (χ1) is 15.9. The van der Waals surface area contributed by atoms with E-state index in [0.29, 0.717) is 34.6 Å². The van der Waals surface area contributed by atoms with Crippen molar-refractivity contribution in [2.45, 2.75) is 32.1 Å². The fraction of sp³-hybridized carbons (Fsp3) is 0.500. The number of carbonyl (C=O) groups excluding carboxylic acids is 1. The van der Waals surface area contributed by atoms with Gasteiger partial charge in [-0.1, -0.05) is 6.42 Å². The summed E-state index contributed by atoms with van der Waals surface area (Å²) in [5, 5.41) is 15.1. The van der Waals surface area contributed by atoms with Gasteiger partial charge in [0.25, 0.3) is 5.91 Å². The van der Waals surface area contributed by atoms with Gasteiger partial charge in [-0.2, -0.15) is 4.98 Å². The molecule has 0 radical (unpaired) electrons. The third-order valence-electron chi connectivity index (χ3n) is 5.95. The van der Waals surface area contributed by atoms with Crippen LogP contribution in [0.5, 0.6) is 0 Å². The number of benzene rings is 1. The Hall–Kier alpha value is -2.92. The molecule has 2 aliphatic rings. The summed E-state index contributed by atoms with van der Waals surface area (Å²) in [4.78, 5) is 24.0. The van der Waals surface area contributed by atoms with Gasteiger partial charge in [0.05, 0.1) is 29.3 Å². The van der Waals surface area contributed by atoms with E-state index in [0.717, 1.165) is 51.7 Å². The van der Waals surface area contributed by atoms with Gasteiger partial charge >= 0.3 is 0 Å². The van der Waals surface area contributed by atoms with Crippen LogP contribution in [0.3, 0.4) is 0 Å². The molecular weight excluding hydrogens is 444 g/mol. The van der Waals surface area contributed by atoms with Crippen LogP contribution in [-0.2, 0) is 10.0 Å². The summed E-state index contributed by atoms with van der Waals surface area (Å²) >= 11 is 0. The number of fused-ring (bicyclic) bond motifs is 6. The highest BCUT2D eigenvalue weighted by Gasteiger charge is 2.25. The number of aliphatic hydroxyl groups excluding tert-OH is 1. The average Bonchev–Trinajstić information content (AvgIpc) is 2.78. The van der Waals surface area contributed by atoms with Crippen LogP contribution in [0.1, 0.15) is 42.5 Å². The van der Waals surface area contributed by atoms with Crippen LogP contribution < -0.4 is 20.3 Å². The number of nitrogens with one attached hydrogen (secondary N) is 3. The molecule has 1 saturated heterocycles. The van der Waals surface area contributed by atoms with Crippen LogP contribution in [0.15, 0.2) is 30.5 Å². The number of hydrogen-bond acceptors (Lipinski definition) is 8. The molecule has 1 atom stereocenters. The summed E-state index contributed by atoms with van der Waals surface area (Å²) in [6.45, 7) is 1.91. The van der Waals surface area contributed by atoms with Gasteiger partial charge in [-0.25, -0.2) is 13.4 Å². The highest BCUT2D eigenvalue weighted by molar-refractivity contribution is 7.92. The number of anilines is 4. The number of nitrogens with zero attached hydrogens (tertiary/aromatic N) is 3. The molecule has 10 nitrogen and oxygen atoms in total. The number of piperidine rings is 1. The average molecular weight is 475 g/mol. The van der Waals surface area contributed by atoms with E-state index < -0.39 is 16.6 Å². The van der Waals surface area contributed by atoms with Crippen LogP contribution in [-0.4, -0.2) is 61.4 Å². The van der Waals surface area contributed by atoms with Crippen molar-refractivity contribution < 1.29 is 18.3 Å². The third-order valence-corrected chi connectivity index (χ3v) is 7.22. The summed E-state index contributed by atoms with van der Waals surface area (Å²) in [7, 11) is -3.68. The molecule has 2 aliphatic heterocycles. The Labute approximate surface area is 193 Å². The van der Waals surface area contributed by atoms with Gasteiger partial charge in [-0.3, -0.25) is 9.52 Å². The van der Waals surface area contributed by atoms with Crippen molar-refractivity contribution in [1.82, 2.24) is 9.97 Å². The van der Waals surface area contributed by atoms with Crippen LogP contribution >= 0.6 is 0 Å². The van der Waals surface area contributed by atoms with Gasteiger partial charge in [-0.05, 0) is 55.9 Å². The summed E-state index contributed by atoms with van der Waals surface area (Å²) in [5.41, 5.74) is 1.50. The summed E-state index contributed by atoms with van der Waals surface area (Å²) < 4.78 is 26.8. The van der Waals surface area contributed by atoms with E-state index in [1.54, 1.807) is 30.5 Å². The molecule has 4 N–H and O–H groups in total. The number of amides is 1. The minimum absolute atomic E-state index is 0.323. The van der Waals surface area contributed by atoms with Gasteiger partial charge in [0.2, 0.25) is 16.0 Å². The number of hydrogen-bond donors (Lipinski definition) is 4. The van der Waals surface area contributed by atoms with E-state index in [-0.39, 0.29) is 11.7 Å². The molecule has 0 saturated carbocycles. The lowest BCUT2D eigenvalue weighted by Gasteiger charge is -2.35. The van der Waals surface area contributed by atoms with Crippen molar-refractivity contribution >= 4 is 39.1 Å². The van der Waals surface area contributed by atoms with Crippen LogP contribution in [0.25, 0.3) is 0 Å². The predicted molar refractivity (Wildman–Crippen MR) is 128 cm³/mol.